The molecular formula is C49H67IrN4O2-. The maximum atomic E-state index is 11.7. The van der Waals surface area contributed by atoms with Crippen molar-refractivity contribution in [2.45, 2.75) is 140 Å². The predicted octanol–water partition coefficient (Wildman–Crippen LogP) is 13.3. The Bertz CT molecular complexity index is 2040. The van der Waals surface area contributed by atoms with E-state index in [9.17, 15) is 9.90 Å². The number of rotatable bonds is 12. The van der Waals surface area contributed by atoms with Crippen molar-refractivity contribution in [3.63, 3.8) is 0 Å². The first-order valence-electron chi connectivity index (χ1n) is 20.5. The van der Waals surface area contributed by atoms with Crippen molar-refractivity contribution in [1.29, 1.82) is 0 Å². The molecule has 0 amide bonds. The van der Waals surface area contributed by atoms with Crippen LogP contribution in [0.3, 0.4) is 0 Å². The average molecular weight is 936 g/mol. The Hall–Kier alpha value is -3.80. The molecular weight excluding hydrogens is 869 g/mol. The predicted molar refractivity (Wildman–Crippen MR) is 232 cm³/mol. The quantitative estimate of drug-likeness (QED) is 0.0768. The fourth-order valence-corrected chi connectivity index (χ4v) is 7.40. The van der Waals surface area contributed by atoms with E-state index < -0.39 is 0 Å². The number of hydrogen-bond acceptors (Lipinski definition) is 4. The summed E-state index contributed by atoms with van der Waals surface area (Å²) in [6.45, 7) is 30.2. The number of benzene rings is 3. The Morgan fingerprint density at radius 3 is 1.80 bits per heavy atom. The zero-order chi connectivity index (χ0) is 40.8. The van der Waals surface area contributed by atoms with Crippen molar-refractivity contribution < 1.29 is 30.0 Å². The minimum atomic E-state index is -0.156. The number of aliphatic hydroxyl groups is 1. The molecule has 5 aromatic rings. The Morgan fingerprint density at radius 2 is 1.34 bits per heavy atom. The van der Waals surface area contributed by atoms with Crippen LogP contribution in [0.25, 0.3) is 39.5 Å². The van der Waals surface area contributed by atoms with E-state index in [4.69, 9.17) is 9.97 Å². The normalized spacial score (nSPS) is 12.3. The summed E-state index contributed by atoms with van der Waals surface area (Å²) >= 11 is 0. The molecule has 7 heteroatoms. The van der Waals surface area contributed by atoms with Crippen molar-refractivity contribution in [3.8, 4) is 28.2 Å². The molecule has 0 spiro atoms. The number of imidazole rings is 2. The van der Waals surface area contributed by atoms with Gasteiger partial charge in [0, 0.05) is 55.2 Å². The van der Waals surface area contributed by atoms with Crippen molar-refractivity contribution in [3.05, 3.63) is 101 Å². The van der Waals surface area contributed by atoms with Gasteiger partial charge in [-0.15, -0.1) is 34.9 Å². The smallest absolute Gasteiger partial charge is 0.188 e. The number of carbonyl (C=O) groups excluding carboxylic acids is 1. The monoisotopic (exact) mass is 936 g/mol. The molecule has 0 aliphatic carbocycles. The fraction of sp³-hybridized carbons (Fsp3) is 0.490. The maximum Gasteiger partial charge on any atom is 0.188 e. The van der Waals surface area contributed by atoms with E-state index >= 15 is 0 Å². The summed E-state index contributed by atoms with van der Waals surface area (Å²) < 4.78 is 4.63. The first-order chi connectivity index (χ1) is 25.8. The number of allylic oxidation sites excluding steroid dienone is 2. The standard InChI is InChI=1S/C36H43N4.C13H24O2.Ir/c1-23(2)39-32(29-20-24(3)19-25(4)21-29)37-31-33(39)40(34(38-31)36(8,9)10)30-17-15-28(16-18-30)27-13-11-26(12-14-27)22-35(5,6)7;1-5-10(6-2)12(14)9-13(15)11(7-3)8-4;/h11-20,23H,22H2,1-10H3;9-11,14H,5-8H2,1-4H3;/q-1;;/b;12-9-;. The van der Waals surface area contributed by atoms with Gasteiger partial charge in [0.2, 0.25) is 0 Å². The number of aryl methyl sites for hydroxylation is 2. The van der Waals surface area contributed by atoms with E-state index in [-0.39, 0.29) is 60.4 Å². The molecule has 0 fully saturated rings. The molecule has 0 bridgehead atoms. The molecule has 0 aliphatic rings. The molecule has 0 saturated heterocycles. The van der Waals surface area contributed by atoms with Crippen LogP contribution in [-0.2, 0) is 36.7 Å². The molecule has 1 N–H and O–H groups in total. The Kier molecular flexibility index (Phi) is 16.3. The van der Waals surface area contributed by atoms with E-state index in [0.717, 1.165) is 71.9 Å². The van der Waals surface area contributed by atoms with Gasteiger partial charge in [0.25, 0.3) is 0 Å². The molecule has 5 rings (SSSR count). The zero-order valence-electron chi connectivity index (χ0n) is 36.6. The van der Waals surface area contributed by atoms with E-state index in [2.05, 4.69) is 145 Å². The SMILES string of the molecule is CCC(CC)C(=O)/C=C(\O)C(CC)CC.Cc1[c-]c(-c2nc3nc(C(C)(C)C)n(-c4ccc(-c5ccc(CC(C)(C)C)cc5)cc4)c3n2C(C)C)cc(C)c1.[Ir]. The number of hydrogen-bond donors (Lipinski definition) is 1. The van der Waals surface area contributed by atoms with Gasteiger partial charge in [0.15, 0.2) is 17.1 Å². The number of fused-ring (bicyclic) bond motifs is 1. The third kappa shape index (κ3) is 11.4. The Morgan fingerprint density at radius 1 is 0.804 bits per heavy atom. The van der Waals surface area contributed by atoms with Crippen molar-refractivity contribution >= 4 is 17.1 Å². The van der Waals surface area contributed by atoms with Crippen LogP contribution in [-0.4, -0.2) is 30.0 Å². The number of ketones is 1. The van der Waals surface area contributed by atoms with Crippen molar-refractivity contribution in [2.75, 3.05) is 0 Å². The summed E-state index contributed by atoms with van der Waals surface area (Å²) in [7, 11) is 0. The van der Waals surface area contributed by atoms with Gasteiger partial charge in [0.05, 0.1) is 11.6 Å². The average Bonchev–Trinajstić information content (AvgIpc) is 3.66. The van der Waals surface area contributed by atoms with E-state index in [0.29, 0.717) is 0 Å². The van der Waals surface area contributed by atoms with Crippen LogP contribution in [0, 0.1) is 37.2 Å². The molecule has 1 radical (unpaired) electrons. The van der Waals surface area contributed by atoms with Gasteiger partial charge < -0.3 is 9.67 Å². The number of nitrogens with zero attached hydrogens (tertiary/aromatic N) is 4. The minimum absolute atomic E-state index is 0. The maximum absolute atomic E-state index is 11.7. The summed E-state index contributed by atoms with van der Waals surface area (Å²) in [6, 6.07) is 25.9. The molecule has 6 nitrogen and oxygen atoms in total. The summed E-state index contributed by atoms with van der Waals surface area (Å²) in [5, 5.41) is 9.76. The molecule has 3 aromatic carbocycles. The van der Waals surface area contributed by atoms with Crippen LogP contribution in [0.4, 0.5) is 0 Å². The Balaban J connectivity index is 0.000000448. The van der Waals surface area contributed by atoms with Gasteiger partial charge in [-0.1, -0.05) is 119 Å². The third-order valence-corrected chi connectivity index (χ3v) is 10.3. The van der Waals surface area contributed by atoms with Crippen LogP contribution in [0.2, 0.25) is 0 Å². The minimum Gasteiger partial charge on any atom is -0.512 e. The first-order valence-corrected chi connectivity index (χ1v) is 20.5. The van der Waals surface area contributed by atoms with Gasteiger partial charge in [-0.2, -0.15) is 0 Å². The van der Waals surface area contributed by atoms with Gasteiger partial charge in [-0.25, -0.2) is 4.98 Å². The van der Waals surface area contributed by atoms with Crippen LogP contribution >= 0.6 is 0 Å². The third-order valence-electron chi connectivity index (χ3n) is 10.3. The summed E-state index contributed by atoms with van der Waals surface area (Å²) in [4.78, 5) is 22.0. The van der Waals surface area contributed by atoms with Crippen LogP contribution in [0.5, 0.6) is 0 Å². The summed E-state index contributed by atoms with van der Waals surface area (Å²) in [5.74, 6) is 2.47. The molecule has 0 unspecified atom stereocenters. The van der Waals surface area contributed by atoms with Gasteiger partial charge >= 0.3 is 0 Å². The van der Waals surface area contributed by atoms with Gasteiger partial charge in [0.1, 0.15) is 5.82 Å². The van der Waals surface area contributed by atoms with E-state index in [1.807, 2.05) is 27.7 Å². The number of aromatic nitrogens is 4. The fourth-order valence-electron chi connectivity index (χ4n) is 7.40. The molecule has 2 aromatic heterocycles. The van der Waals surface area contributed by atoms with Gasteiger partial charge in [-0.3, -0.25) is 14.3 Å². The summed E-state index contributed by atoms with van der Waals surface area (Å²) in [5.41, 5.74) is 10.2. The van der Waals surface area contributed by atoms with E-state index in [1.54, 1.807) is 0 Å². The van der Waals surface area contributed by atoms with Crippen molar-refractivity contribution in [1.82, 2.24) is 19.1 Å². The number of aliphatic hydroxyl groups excluding tert-OH is 1. The van der Waals surface area contributed by atoms with Crippen LogP contribution < -0.4 is 0 Å². The first kappa shape index (κ1) is 46.6. The topological polar surface area (TPSA) is 72.9 Å². The molecule has 305 valence electrons. The second kappa shape index (κ2) is 19.6. The summed E-state index contributed by atoms with van der Waals surface area (Å²) in [6.07, 6.45) is 5.98. The van der Waals surface area contributed by atoms with Crippen LogP contribution in [0.15, 0.2) is 72.5 Å². The van der Waals surface area contributed by atoms with Crippen LogP contribution in [0.1, 0.15) is 137 Å². The number of carbonyl (C=O) groups is 1. The molecule has 56 heavy (non-hydrogen) atoms. The second-order valence-electron chi connectivity index (χ2n) is 17.8. The van der Waals surface area contributed by atoms with Gasteiger partial charge in [-0.05, 0) is 80.2 Å². The Labute approximate surface area is 351 Å². The molecule has 0 atom stereocenters. The largest absolute Gasteiger partial charge is 0.512 e. The molecule has 0 aliphatic heterocycles. The zero-order valence-corrected chi connectivity index (χ0v) is 39.0. The second-order valence-corrected chi connectivity index (χ2v) is 17.8. The van der Waals surface area contributed by atoms with Crippen molar-refractivity contribution in [2.24, 2.45) is 17.3 Å². The molecule has 0 saturated carbocycles. The molecule has 2 heterocycles. The van der Waals surface area contributed by atoms with E-state index in [1.165, 1.54) is 28.3 Å².